The molecule has 0 bridgehead atoms. The van der Waals surface area contributed by atoms with Gasteiger partial charge in [0, 0.05) is 39.8 Å². The van der Waals surface area contributed by atoms with E-state index in [-0.39, 0.29) is 0 Å². The molecule has 0 radical (unpaired) electrons. The zero-order valence-electron chi connectivity index (χ0n) is 14.4. The van der Waals surface area contributed by atoms with Crippen molar-refractivity contribution in [3.63, 3.8) is 0 Å². The van der Waals surface area contributed by atoms with Crippen molar-refractivity contribution >= 4 is 23.1 Å². The van der Waals surface area contributed by atoms with Crippen LogP contribution < -0.4 is 4.90 Å². The number of rotatable bonds is 4. The van der Waals surface area contributed by atoms with Crippen molar-refractivity contribution in [3.8, 4) is 0 Å². The monoisotopic (exact) mass is 334 g/mol. The minimum Gasteiger partial charge on any atom is -0.352 e. The predicted molar refractivity (Wildman–Crippen MR) is 100 cm³/mol. The third kappa shape index (κ3) is 3.39. The van der Waals surface area contributed by atoms with E-state index in [1.54, 1.807) is 12.7 Å². The third-order valence-corrected chi connectivity index (χ3v) is 4.62. The number of fused-ring (bicyclic) bond motifs is 1. The molecule has 0 atom stereocenters. The summed E-state index contributed by atoms with van der Waals surface area (Å²) in [6.45, 7) is 4.95. The average Bonchev–Trinajstić information content (AvgIpc) is 3.05. The zero-order valence-corrected chi connectivity index (χ0v) is 14.4. The van der Waals surface area contributed by atoms with Crippen LogP contribution in [0.25, 0.3) is 17.2 Å². The smallest absolute Gasteiger partial charge is 0.165 e. The van der Waals surface area contributed by atoms with E-state index in [9.17, 15) is 0 Å². The Bertz CT molecular complexity index is 862. The van der Waals surface area contributed by atoms with Gasteiger partial charge in [0.05, 0.1) is 6.33 Å². The molecule has 0 spiro atoms. The van der Waals surface area contributed by atoms with Gasteiger partial charge in [-0.05, 0) is 5.56 Å². The molecule has 3 aromatic rings. The molecule has 128 valence electrons. The van der Waals surface area contributed by atoms with Crippen LogP contribution in [-0.2, 0) is 7.05 Å². The first-order valence-electron chi connectivity index (χ1n) is 8.62. The van der Waals surface area contributed by atoms with E-state index in [0.717, 1.165) is 49.7 Å². The first-order valence-corrected chi connectivity index (χ1v) is 8.62. The molecule has 0 N–H and O–H groups in total. The molecule has 1 aliphatic rings. The van der Waals surface area contributed by atoms with Crippen molar-refractivity contribution in [2.24, 2.45) is 7.05 Å². The Labute approximate surface area is 147 Å². The van der Waals surface area contributed by atoms with Gasteiger partial charge in [-0.3, -0.25) is 4.90 Å². The van der Waals surface area contributed by atoms with Crippen molar-refractivity contribution in [3.05, 3.63) is 54.6 Å². The lowest BCUT2D eigenvalue weighted by Crippen LogP contribution is -2.46. The van der Waals surface area contributed by atoms with Gasteiger partial charge in [-0.2, -0.15) is 0 Å². The maximum absolute atomic E-state index is 4.48. The molecule has 25 heavy (non-hydrogen) atoms. The highest BCUT2D eigenvalue weighted by Gasteiger charge is 2.20. The highest BCUT2D eigenvalue weighted by molar-refractivity contribution is 5.83. The molecule has 4 rings (SSSR count). The Morgan fingerprint density at radius 1 is 1.00 bits per heavy atom. The maximum Gasteiger partial charge on any atom is 0.165 e. The highest BCUT2D eigenvalue weighted by Crippen LogP contribution is 2.21. The summed E-state index contributed by atoms with van der Waals surface area (Å²) < 4.78 is 1.94. The fourth-order valence-electron chi connectivity index (χ4n) is 3.21. The van der Waals surface area contributed by atoms with Crippen LogP contribution in [-0.4, -0.2) is 57.1 Å². The van der Waals surface area contributed by atoms with Crippen LogP contribution in [0.4, 0.5) is 5.82 Å². The van der Waals surface area contributed by atoms with Crippen LogP contribution in [0.3, 0.4) is 0 Å². The second kappa shape index (κ2) is 7.03. The molecule has 0 saturated carbocycles. The Hall–Kier alpha value is -2.73. The number of benzene rings is 1. The topological polar surface area (TPSA) is 50.1 Å². The van der Waals surface area contributed by atoms with Gasteiger partial charge >= 0.3 is 0 Å². The third-order valence-electron chi connectivity index (χ3n) is 4.62. The first-order chi connectivity index (χ1) is 12.3. The number of aromatic nitrogens is 4. The Balaban J connectivity index is 1.37. The molecule has 3 heterocycles. The van der Waals surface area contributed by atoms with E-state index < -0.39 is 0 Å². The molecule has 2 aromatic heterocycles. The van der Waals surface area contributed by atoms with Gasteiger partial charge in [0.15, 0.2) is 17.0 Å². The first kappa shape index (κ1) is 15.8. The summed E-state index contributed by atoms with van der Waals surface area (Å²) >= 11 is 0. The summed E-state index contributed by atoms with van der Waals surface area (Å²) in [6.07, 6.45) is 7.86. The number of imidazole rings is 1. The fourth-order valence-corrected chi connectivity index (χ4v) is 3.21. The summed E-state index contributed by atoms with van der Waals surface area (Å²) in [4.78, 5) is 18.0. The lowest BCUT2D eigenvalue weighted by atomic mass is 10.2. The standard InChI is InChI=1S/C19H22N6/c1-23-15-22-17-18(23)20-14-21-19(17)25-12-10-24(11-13-25)9-5-8-16-6-3-2-4-7-16/h2-8,14-15H,9-13H2,1H3/b8-5+. The van der Waals surface area contributed by atoms with Gasteiger partial charge in [-0.25, -0.2) is 15.0 Å². The van der Waals surface area contributed by atoms with Crippen LogP contribution in [0.2, 0.25) is 0 Å². The molecule has 6 heteroatoms. The summed E-state index contributed by atoms with van der Waals surface area (Å²) in [5.41, 5.74) is 3.03. The molecule has 1 fully saturated rings. The minimum atomic E-state index is 0.887. The van der Waals surface area contributed by atoms with Gasteiger partial charge in [0.2, 0.25) is 0 Å². The lowest BCUT2D eigenvalue weighted by molar-refractivity contribution is 0.284. The van der Waals surface area contributed by atoms with Gasteiger partial charge < -0.3 is 9.47 Å². The number of hydrogen-bond donors (Lipinski definition) is 0. The van der Waals surface area contributed by atoms with E-state index in [1.807, 2.05) is 17.7 Å². The molecular formula is C19H22N6. The number of piperazine rings is 1. The van der Waals surface area contributed by atoms with Crippen molar-refractivity contribution < 1.29 is 0 Å². The molecule has 6 nitrogen and oxygen atoms in total. The summed E-state index contributed by atoms with van der Waals surface area (Å²) in [5, 5.41) is 0. The second-order valence-corrected chi connectivity index (χ2v) is 6.33. The second-order valence-electron chi connectivity index (χ2n) is 6.33. The van der Waals surface area contributed by atoms with Gasteiger partial charge in [0.25, 0.3) is 0 Å². The molecule has 0 amide bonds. The number of nitrogens with zero attached hydrogens (tertiary/aromatic N) is 6. The molecular weight excluding hydrogens is 312 g/mol. The molecule has 1 saturated heterocycles. The van der Waals surface area contributed by atoms with E-state index in [4.69, 9.17) is 0 Å². The molecule has 1 aromatic carbocycles. The Morgan fingerprint density at radius 3 is 2.60 bits per heavy atom. The summed E-state index contributed by atoms with van der Waals surface area (Å²) in [7, 11) is 1.96. The predicted octanol–water partition coefficient (Wildman–Crippen LogP) is 2.20. The van der Waals surface area contributed by atoms with Crippen LogP contribution in [0.5, 0.6) is 0 Å². The Kier molecular flexibility index (Phi) is 4.43. The summed E-state index contributed by atoms with van der Waals surface area (Å²) in [6, 6.07) is 10.4. The van der Waals surface area contributed by atoms with Crippen molar-refractivity contribution in [2.45, 2.75) is 0 Å². The van der Waals surface area contributed by atoms with Gasteiger partial charge in [-0.15, -0.1) is 0 Å². The quantitative estimate of drug-likeness (QED) is 0.732. The number of aryl methyl sites for hydroxylation is 1. The maximum atomic E-state index is 4.48. The number of anilines is 1. The van der Waals surface area contributed by atoms with E-state index in [2.05, 4.69) is 61.2 Å². The van der Waals surface area contributed by atoms with Gasteiger partial charge in [-0.1, -0.05) is 42.5 Å². The zero-order chi connectivity index (χ0) is 17.1. The minimum absolute atomic E-state index is 0.887. The lowest BCUT2D eigenvalue weighted by Gasteiger charge is -2.34. The molecule has 0 unspecified atom stereocenters. The number of hydrogen-bond acceptors (Lipinski definition) is 5. The van der Waals surface area contributed by atoms with E-state index in [0.29, 0.717) is 0 Å². The van der Waals surface area contributed by atoms with E-state index in [1.165, 1.54) is 5.56 Å². The van der Waals surface area contributed by atoms with Crippen molar-refractivity contribution in [1.29, 1.82) is 0 Å². The Morgan fingerprint density at radius 2 is 1.80 bits per heavy atom. The summed E-state index contributed by atoms with van der Waals surface area (Å²) in [5.74, 6) is 0.949. The van der Waals surface area contributed by atoms with Crippen LogP contribution in [0.15, 0.2) is 49.1 Å². The van der Waals surface area contributed by atoms with Crippen molar-refractivity contribution in [2.75, 3.05) is 37.6 Å². The fraction of sp³-hybridized carbons (Fsp3) is 0.316. The largest absolute Gasteiger partial charge is 0.352 e. The normalized spacial score (nSPS) is 16.1. The van der Waals surface area contributed by atoms with E-state index >= 15 is 0 Å². The highest BCUT2D eigenvalue weighted by atomic mass is 15.3. The SMILES string of the molecule is Cn1cnc2c(N3CCN(C/C=C/c4ccccc4)CC3)ncnc21. The molecule has 0 aliphatic carbocycles. The van der Waals surface area contributed by atoms with Crippen LogP contribution in [0.1, 0.15) is 5.56 Å². The van der Waals surface area contributed by atoms with Crippen LogP contribution >= 0.6 is 0 Å². The van der Waals surface area contributed by atoms with Gasteiger partial charge in [0.1, 0.15) is 6.33 Å². The average molecular weight is 334 g/mol. The molecule has 1 aliphatic heterocycles. The van der Waals surface area contributed by atoms with Crippen LogP contribution in [0, 0.1) is 0 Å². The van der Waals surface area contributed by atoms with Crippen molar-refractivity contribution in [1.82, 2.24) is 24.4 Å².